The topological polar surface area (TPSA) is 12.0 Å². The maximum atomic E-state index is 5.34. The molecule has 0 aromatic carbocycles. The Morgan fingerprint density at radius 3 is 2.13 bits per heavy atom. The van der Waals surface area contributed by atoms with Crippen molar-refractivity contribution in [2.45, 2.75) is 64.7 Å². The average molecular weight is 207 g/mol. The van der Waals surface area contributed by atoms with E-state index in [2.05, 4.69) is 12.2 Å². The molecule has 0 aliphatic heterocycles. The first-order chi connectivity index (χ1) is 7.34. The highest BCUT2D eigenvalue weighted by atomic mass is 14.7. The van der Waals surface area contributed by atoms with E-state index < -0.39 is 0 Å². The van der Waals surface area contributed by atoms with Crippen molar-refractivity contribution in [2.24, 2.45) is 11.8 Å². The van der Waals surface area contributed by atoms with E-state index in [0.29, 0.717) is 0 Å². The van der Waals surface area contributed by atoms with Gasteiger partial charge in [0.25, 0.3) is 0 Å². The van der Waals surface area contributed by atoms with E-state index in [1.54, 1.807) is 0 Å². The molecule has 1 aliphatic carbocycles. The molecule has 0 bridgehead atoms. The van der Waals surface area contributed by atoms with Gasteiger partial charge >= 0.3 is 0 Å². The lowest BCUT2D eigenvalue weighted by molar-refractivity contribution is 0.290. The SMILES string of the molecule is [B]NCCC(C)C1CCCCCCCC1. The fraction of sp³-hybridized carbons (Fsp3) is 1.00. The Hall–Kier alpha value is 0.0249. The Kier molecular flexibility index (Phi) is 7.16. The summed E-state index contributed by atoms with van der Waals surface area (Å²) in [6.45, 7) is 3.37. The molecule has 1 nitrogen and oxygen atoms in total. The molecular weight excluding hydrogens is 181 g/mol. The van der Waals surface area contributed by atoms with E-state index in [1.807, 2.05) is 0 Å². The number of nitrogens with one attached hydrogen (secondary N) is 1. The molecule has 1 fully saturated rings. The second-order valence-electron chi connectivity index (χ2n) is 5.18. The van der Waals surface area contributed by atoms with Crippen LogP contribution in [0.3, 0.4) is 0 Å². The Morgan fingerprint density at radius 2 is 1.60 bits per heavy atom. The molecular formula is C13H26BN. The lowest BCUT2D eigenvalue weighted by Crippen LogP contribution is -2.19. The van der Waals surface area contributed by atoms with Crippen molar-refractivity contribution in [2.75, 3.05) is 6.54 Å². The van der Waals surface area contributed by atoms with Crippen LogP contribution in [0.25, 0.3) is 0 Å². The summed E-state index contributed by atoms with van der Waals surface area (Å²) in [6, 6.07) is 0. The largest absolute Gasteiger partial charge is 0.366 e. The summed E-state index contributed by atoms with van der Waals surface area (Å²) >= 11 is 0. The van der Waals surface area contributed by atoms with Crippen LogP contribution in [0.1, 0.15) is 64.7 Å². The molecule has 1 N–H and O–H groups in total. The molecule has 1 unspecified atom stereocenters. The highest BCUT2D eigenvalue weighted by Crippen LogP contribution is 2.29. The van der Waals surface area contributed by atoms with Crippen LogP contribution in [0.4, 0.5) is 0 Å². The smallest absolute Gasteiger partial charge is 0.177 e. The van der Waals surface area contributed by atoms with E-state index in [-0.39, 0.29) is 0 Å². The summed E-state index contributed by atoms with van der Waals surface area (Å²) in [5.41, 5.74) is 0. The molecule has 1 aliphatic rings. The zero-order valence-corrected chi connectivity index (χ0v) is 10.3. The summed E-state index contributed by atoms with van der Waals surface area (Å²) in [5, 5.41) is 2.78. The predicted octanol–water partition coefficient (Wildman–Crippen LogP) is 3.44. The molecule has 1 rings (SSSR count). The molecule has 0 amide bonds. The van der Waals surface area contributed by atoms with Crippen molar-refractivity contribution in [3.05, 3.63) is 0 Å². The molecule has 86 valence electrons. The first-order valence-electron chi connectivity index (χ1n) is 6.78. The van der Waals surface area contributed by atoms with Gasteiger partial charge in [0.15, 0.2) is 7.98 Å². The monoisotopic (exact) mass is 207 g/mol. The number of rotatable bonds is 4. The van der Waals surface area contributed by atoms with Gasteiger partial charge in [0.1, 0.15) is 0 Å². The summed E-state index contributed by atoms with van der Waals surface area (Å²) in [7, 11) is 5.34. The summed E-state index contributed by atoms with van der Waals surface area (Å²) < 4.78 is 0. The quantitative estimate of drug-likeness (QED) is 0.696. The molecule has 0 heterocycles. The van der Waals surface area contributed by atoms with E-state index in [9.17, 15) is 0 Å². The van der Waals surface area contributed by atoms with Crippen molar-refractivity contribution in [3.63, 3.8) is 0 Å². The maximum Gasteiger partial charge on any atom is 0.177 e. The van der Waals surface area contributed by atoms with Crippen LogP contribution in [0.2, 0.25) is 0 Å². The Morgan fingerprint density at radius 1 is 1.07 bits per heavy atom. The number of hydrogen-bond acceptors (Lipinski definition) is 1. The van der Waals surface area contributed by atoms with Crippen molar-refractivity contribution < 1.29 is 0 Å². The third-order valence-electron chi connectivity index (χ3n) is 3.95. The molecule has 0 spiro atoms. The summed E-state index contributed by atoms with van der Waals surface area (Å²) in [4.78, 5) is 0. The van der Waals surface area contributed by atoms with Crippen LogP contribution in [-0.4, -0.2) is 14.5 Å². The van der Waals surface area contributed by atoms with Crippen molar-refractivity contribution >= 4 is 7.98 Å². The van der Waals surface area contributed by atoms with Gasteiger partial charge in [-0.2, -0.15) is 0 Å². The normalized spacial score (nSPS) is 22.7. The van der Waals surface area contributed by atoms with Gasteiger partial charge in [0.2, 0.25) is 0 Å². The lowest BCUT2D eigenvalue weighted by atomic mass is 9.83. The fourth-order valence-corrected chi connectivity index (χ4v) is 2.78. The highest BCUT2D eigenvalue weighted by molar-refractivity contribution is 6.04. The van der Waals surface area contributed by atoms with Gasteiger partial charge in [-0.3, -0.25) is 0 Å². The molecule has 0 aromatic rings. The van der Waals surface area contributed by atoms with Crippen molar-refractivity contribution in [3.8, 4) is 0 Å². The predicted molar refractivity (Wildman–Crippen MR) is 68.0 cm³/mol. The molecule has 0 aromatic heterocycles. The van der Waals surface area contributed by atoms with Gasteiger partial charge in [0.05, 0.1) is 0 Å². The standard InChI is InChI=1S/C13H26BN/c1-12(10-11-15-14)13-8-6-4-2-3-5-7-9-13/h12-13,15H,2-11H2,1H3. The van der Waals surface area contributed by atoms with Gasteiger partial charge in [0, 0.05) is 0 Å². The summed E-state index contributed by atoms with van der Waals surface area (Å²) in [6.07, 6.45) is 12.9. The molecule has 1 saturated carbocycles. The van der Waals surface area contributed by atoms with Crippen LogP contribution in [0.15, 0.2) is 0 Å². The van der Waals surface area contributed by atoms with E-state index in [0.717, 1.165) is 18.4 Å². The Bertz CT molecular complexity index is 139. The Labute approximate surface area is 96.8 Å². The zero-order chi connectivity index (χ0) is 10.9. The first-order valence-corrected chi connectivity index (χ1v) is 6.78. The van der Waals surface area contributed by atoms with Crippen molar-refractivity contribution in [1.29, 1.82) is 0 Å². The second-order valence-corrected chi connectivity index (χ2v) is 5.18. The summed E-state index contributed by atoms with van der Waals surface area (Å²) in [5.74, 6) is 1.80. The third-order valence-corrected chi connectivity index (χ3v) is 3.95. The van der Waals surface area contributed by atoms with Crippen LogP contribution in [0, 0.1) is 11.8 Å². The van der Waals surface area contributed by atoms with Crippen LogP contribution in [0.5, 0.6) is 0 Å². The van der Waals surface area contributed by atoms with Crippen molar-refractivity contribution in [1.82, 2.24) is 5.23 Å². The second kappa shape index (κ2) is 8.21. The fourth-order valence-electron chi connectivity index (χ4n) is 2.78. The van der Waals surface area contributed by atoms with Gasteiger partial charge in [-0.1, -0.05) is 58.3 Å². The minimum atomic E-state index is 0.846. The lowest BCUT2D eigenvalue weighted by Gasteiger charge is -2.23. The minimum absolute atomic E-state index is 0.846. The Balaban J connectivity index is 2.28. The zero-order valence-electron chi connectivity index (χ0n) is 10.3. The van der Waals surface area contributed by atoms with Gasteiger partial charge in [-0.15, -0.1) is 0 Å². The average Bonchev–Trinajstić information content (AvgIpc) is 2.38. The van der Waals surface area contributed by atoms with Crippen LogP contribution < -0.4 is 5.23 Å². The van der Waals surface area contributed by atoms with Crippen LogP contribution >= 0.6 is 0 Å². The number of hydrogen-bond donors (Lipinski definition) is 1. The highest BCUT2D eigenvalue weighted by Gasteiger charge is 2.17. The minimum Gasteiger partial charge on any atom is -0.366 e. The van der Waals surface area contributed by atoms with Crippen LogP contribution in [-0.2, 0) is 0 Å². The van der Waals surface area contributed by atoms with E-state index >= 15 is 0 Å². The first kappa shape index (κ1) is 13.1. The van der Waals surface area contributed by atoms with E-state index in [4.69, 9.17) is 7.98 Å². The maximum absolute atomic E-state index is 5.34. The molecule has 1 atom stereocenters. The van der Waals surface area contributed by atoms with Gasteiger partial charge in [-0.25, -0.2) is 0 Å². The molecule has 2 radical (unpaired) electrons. The molecule has 2 heteroatoms. The molecule has 0 saturated heterocycles. The van der Waals surface area contributed by atoms with Gasteiger partial charge < -0.3 is 5.23 Å². The third kappa shape index (κ3) is 5.60. The van der Waals surface area contributed by atoms with E-state index in [1.165, 1.54) is 57.8 Å². The molecule has 15 heavy (non-hydrogen) atoms. The van der Waals surface area contributed by atoms with Gasteiger partial charge in [-0.05, 0) is 24.8 Å².